The van der Waals surface area contributed by atoms with Crippen molar-refractivity contribution in [2.75, 3.05) is 26.4 Å². The normalized spacial score (nSPS) is 13.3. The van der Waals surface area contributed by atoms with Crippen LogP contribution in [-0.4, -0.2) is 66.5 Å². The lowest BCUT2D eigenvalue weighted by molar-refractivity contribution is -0.161. The van der Waals surface area contributed by atoms with Crippen LogP contribution in [-0.2, 0) is 42.2 Å². The standard InChI is InChI=1S/C70H133O11P/c1-4-7-10-13-16-19-22-25-28-31-33-36-38-41-44-47-50-53-56-59-68(72)77-63-67(81-70(74)61-58-55-52-49-46-43-40-37-34-32-29-26-23-20-17-14-11-8-5-2)65-79-82(75,76)78-64-66(62-71)80-69(73)60-57-54-51-48-45-42-39-35-30-27-24-21-18-15-12-9-6-3/h17,20,26,29,66-67,71H,4-16,18-19,21-25,27-28,30-65H2,1-3H3,(H,75,76)/b20-17-,29-26-. The summed E-state index contributed by atoms with van der Waals surface area (Å²) in [6, 6.07) is 0. The lowest BCUT2D eigenvalue weighted by Gasteiger charge is -2.21. The molecule has 0 aromatic heterocycles. The Hall–Kier alpha value is -2.04. The van der Waals surface area contributed by atoms with Crippen LogP contribution in [0, 0.1) is 0 Å². The minimum atomic E-state index is -4.75. The first-order valence-corrected chi connectivity index (χ1v) is 36.7. The molecule has 82 heavy (non-hydrogen) atoms. The second-order valence-corrected chi connectivity index (χ2v) is 25.5. The molecule has 0 aromatic carbocycles. The van der Waals surface area contributed by atoms with E-state index in [0.717, 1.165) is 70.6 Å². The van der Waals surface area contributed by atoms with Crippen molar-refractivity contribution < 1.29 is 52.2 Å². The molecular weight excluding hydrogens is 1050 g/mol. The third-order valence-corrected chi connectivity index (χ3v) is 16.8. The second-order valence-electron chi connectivity index (χ2n) is 24.1. The highest BCUT2D eigenvalue weighted by Crippen LogP contribution is 2.43. The van der Waals surface area contributed by atoms with Gasteiger partial charge in [-0.25, -0.2) is 4.57 Å². The van der Waals surface area contributed by atoms with Crippen molar-refractivity contribution in [1.29, 1.82) is 0 Å². The van der Waals surface area contributed by atoms with Gasteiger partial charge in [0.05, 0.1) is 19.8 Å². The molecule has 3 atom stereocenters. The van der Waals surface area contributed by atoms with Crippen LogP contribution in [0.5, 0.6) is 0 Å². The quantitative estimate of drug-likeness (QED) is 0.0197. The summed E-state index contributed by atoms with van der Waals surface area (Å²) in [5.41, 5.74) is 0. The number of aliphatic hydroxyl groups excluding tert-OH is 1. The number of carbonyl (C=O) groups is 3. The van der Waals surface area contributed by atoms with Crippen LogP contribution in [0.4, 0.5) is 0 Å². The zero-order valence-electron chi connectivity index (χ0n) is 54.0. The summed E-state index contributed by atoms with van der Waals surface area (Å²) in [5.74, 6) is -1.43. The van der Waals surface area contributed by atoms with Crippen LogP contribution in [0.15, 0.2) is 24.3 Å². The molecule has 0 heterocycles. The number of esters is 3. The highest BCUT2D eigenvalue weighted by Gasteiger charge is 2.28. The molecule has 0 spiro atoms. The van der Waals surface area contributed by atoms with Gasteiger partial charge in [-0.15, -0.1) is 0 Å². The highest BCUT2D eigenvalue weighted by atomic mass is 31.2. The predicted molar refractivity (Wildman–Crippen MR) is 344 cm³/mol. The van der Waals surface area contributed by atoms with Crippen molar-refractivity contribution in [1.82, 2.24) is 0 Å². The van der Waals surface area contributed by atoms with Gasteiger partial charge in [0.25, 0.3) is 0 Å². The summed E-state index contributed by atoms with van der Waals surface area (Å²) in [4.78, 5) is 48.9. The fourth-order valence-electron chi connectivity index (χ4n) is 10.5. The average Bonchev–Trinajstić information content (AvgIpc) is 3.50. The summed E-state index contributed by atoms with van der Waals surface area (Å²) >= 11 is 0. The van der Waals surface area contributed by atoms with Crippen LogP contribution in [0.1, 0.15) is 367 Å². The summed E-state index contributed by atoms with van der Waals surface area (Å²) in [7, 11) is -4.75. The van der Waals surface area contributed by atoms with Crippen molar-refractivity contribution in [3.8, 4) is 0 Å². The van der Waals surface area contributed by atoms with Gasteiger partial charge in [-0.1, -0.05) is 321 Å². The number of aliphatic hydroxyl groups is 1. The lowest BCUT2D eigenvalue weighted by atomic mass is 10.0. The van der Waals surface area contributed by atoms with Crippen LogP contribution >= 0.6 is 7.82 Å². The number of hydrogen-bond acceptors (Lipinski definition) is 10. The maximum Gasteiger partial charge on any atom is 0.472 e. The molecule has 0 aliphatic rings. The monoisotopic (exact) mass is 1180 g/mol. The molecule has 0 amide bonds. The van der Waals surface area contributed by atoms with Crippen molar-refractivity contribution in [3.63, 3.8) is 0 Å². The molecule has 0 saturated heterocycles. The predicted octanol–water partition coefficient (Wildman–Crippen LogP) is 21.7. The third kappa shape index (κ3) is 62.5. The molecule has 3 unspecified atom stereocenters. The van der Waals surface area contributed by atoms with Crippen LogP contribution in [0.3, 0.4) is 0 Å². The Bertz CT molecular complexity index is 1470. The molecule has 0 fully saturated rings. The van der Waals surface area contributed by atoms with E-state index in [0.29, 0.717) is 19.3 Å². The molecule has 0 bridgehead atoms. The molecule has 0 aromatic rings. The molecule has 12 heteroatoms. The first-order valence-electron chi connectivity index (χ1n) is 35.2. The second kappa shape index (κ2) is 64.9. The van der Waals surface area contributed by atoms with Gasteiger partial charge in [-0.05, 0) is 51.4 Å². The number of ether oxygens (including phenoxy) is 3. The van der Waals surface area contributed by atoms with Crippen molar-refractivity contribution in [3.05, 3.63) is 24.3 Å². The van der Waals surface area contributed by atoms with E-state index in [-0.39, 0.29) is 25.9 Å². The van der Waals surface area contributed by atoms with E-state index in [4.69, 9.17) is 23.3 Å². The van der Waals surface area contributed by atoms with Gasteiger partial charge in [0.2, 0.25) is 0 Å². The van der Waals surface area contributed by atoms with E-state index in [1.54, 1.807) is 0 Å². The van der Waals surface area contributed by atoms with Crippen molar-refractivity contribution in [2.24, 2.45) is 0 Å². The minimum absolute atomic E-state index is 0.169. The van der Waals surface area contributed by atoms with E-state index >= 15 is 0 Å². The van der Waals surface area contributed by atoms with Gasteiger partial charge >= 0.3 is 25.7 Å². The molecule has 0 saturated carbocycles. The SMILES string of the molecule is CCCCC/C=C\C/C=C\CCCCCCCCCCCC(=O)OC(COC(=O)CCCCCCCCCCCCCCCCCCCCC)COP(=O)(O)OCC(CO)OC(=O)CCCCCCCCCCCCCCCCCCC. The van der Waals surface area contributed by atoms with Crippen LogP contribution in [0.2, 0.25) is 0 Å². The molecule has 2 N–H and O–H groups in total. The molecular formula is C70H133O11P. The molecule has 11 nitrogen and oxygen atoms in total. The molecule has 0 aliphatic carbocycles. The number of hydrogen-bond donors (Lipinski definition) is 2. The first-order chi connectivity index (χ1) is 40.2. The molecule has 0 aliphatic heterocycles. The number of carbonyl (C=O) groups excluding carboxylic acids is 3. The van der Waals surface area contributed by atoms with Gasteiger partial charge in [0.1, 0.15) is 12.7 Å². The molecule has 0 radical (unpaired) electrons. The Morgan fingerprint density at radius 3 is 0.927 bits per heavy atom. The first kappa shape index (κ1) is 80.0. The number of allylic oxidation sites excluding steroid dienone is 4. The largest absolute Gasteiger partial charge is 0.472 e. The third-order valence-electron chi connectivity index (χ3n) is 15.9. The van der Waals surface area contributed by atoms with E-state index in [9.17, 15) is 28.9 Å². The summed E-state index contributed by atoms with van der Waals surface area (Å²) in [6.45, 7) is 4.73. The van der Waals surface area contributed by atoms with Gasteiger partial charge in [-0.3, -0.25) is 23.4 Å². The molecule has 484 valence electrons. The van der Waals surface area contributed by atoms with Crippen LogP contribution in [0.25, 0.3) is 0 Å². The number of unbranched alkanes of at least 4 members (excludes halogenated alkanes) is 46. The number of phosphoric ester groups is 1. The van der Waals surface area contributed by atoms with Gasteiger partial charge in [-0.2, -0.15) is 0 Å². The Kier molecular flexibility index (Phi) is 63.3. The van der Waals surface area contributed by atoms with Gasteiger partial charge in [0, 0.05) is 19.3 Å². The topological polar surface area (TPSA) is 155 Å². The Morgan fingerprint density at radius 2 is 0.598 bits per heavy atom. The number of phosphoric acid groups is 1. The number of rotatable bonds is 67. The Morgan fingerprint density at radius 1 is 0.341 bits per heavy atom. The average molecular weight is 1180 g/mol. The van der Waals surface area contributed by atoms with Gasteiger partial charge in [0.15, 0.2) is 6.10 Å². The maximum absolute atomic E-state index is 13.0. The van der Waals surface area contributed by atoms with Crippen LogP contribution < -0.4 is 0 Å². The summed E-state index contributed by atoms with van der Waals surface area (Å²) in [6.07, 6.45) is 69.8. The fourth-order valence-corrected chi connectivity index (χ4v) is 11.3. The van der Waals surface area contributed by atoms with E-state index < -0.39 is 57.8 Å². The van der Waals surface area contributed by atoms with Gasteiger partial charge < -0.3 is 24.2 Å². The zero-order valence-corrected chi connectivity index (χ0v) is 54.9. The molecule has 0 rings (SSSR count). The zero-order chi connectivity index (χ0) is 59.8. The maximum atomic E-state index is 13.0. The van der Waals surface area contributed by atoms with Crippen molar-refractivity contribution >= 4 is 25.7 Å². The van der Waals surface area contributed by atoms with E-state index in [1.165, 1.54) is 238 Å². The lowest BCUT2D eigenvalue weighted by Crippen LogP contribution is -2.30. The highest BCUT2D eigenvalue weighted by molar-refractivity contribution is 7.47. The van der Waals surface area contributed by atoms with E-state index in [1.807, 2.05) is 0 Å². The minimum Gasteiger partial charge on any atom is -0.462 e. The van der Waals surface area contributed by atoms with Crippen molar-refractivity contribution in [2.45, 2.75) is 380 Å². The van der Waals surface area contributed by atoms with E-state index in [2.05, 4.69) is 45.1 Å². The fraction of sp³-hybridized carbons (Fsp3) is 0.900. The summed E-state index contributed by atoms with van der Waals surface area (Å²) < 4.78 is 39.8. The Balaban J connectivity index is 4.63. The smallest absolute Gasteiger partial charge is 0.462 e. The summed E-state index contributed by atoms with van der Waals surface area (Å²) in [5, 5.41) is 9.88. The Labute approximate surface area is 506 Å².